The maximum absolute atomic E-state index is 12.7. The Morgan fingerprint density at radius 2 is 1.85 bits per heavy atom. The van der Waals surface area contributed by atoms with Crippen molar-refractivity contribution in [3.8, 4) is 0 Å². The highest BCUT2D eigenvalue weighted by Crippen LogP contribution is 2.30. The first kappa shape index (κ1) is 17.4. The number of hydrogen-bond acceptors (Lipinski definition) is 4. The molecule has 0 unspecified atom stereocenters. The van der Waals surface area contributed by atoms with Gasteiger partial charge < -0.3 is 10.2 Å². The first-order valence-corrected chi connectivity index (χ1v) is 9.89. The quantitative estimate of drug-likeness (QED) is 0.921. The molecule has 4 rings (SSSR count). The molecule has 1 amide bonds. The fourth-order valence-electron chi connectivity index (χ4n) is 4.51. The summed E-state index contributed by atoms with van der Waals surface area (Å²) in [7, 11) is 0. The molecule has 0 radical (unpaired) electrons. The van der Waals surface area contributed by atoms with Gasteiger partial charge in [-0.15, -0.1) is 0 Å². The highest BCUT2D eigenvalue weighted by Gasteiger charge is 2.32. The molecule has 2 atom stereocenters. The van der Waals surface area contributed by atoms with Crippen molar-refractivity contribution in [2.24, 2.45) is 5.92 Å². The molecule has 2 fully saturated rings. The maximum atomic E-state index is 12.7. The molecular formula is C21H28N4O. The maximum Gasteiger partial charge on any atom is 0.251 e. The van der Waals surface area contributed by atoms with E-state index < -0.39 is 0 Å². The van der Waals surface area contributed by atoms with Gasteiger partial charge in [0.1, 0.15) is 0 Å². The van der Waals surface area contributed by atoms with Crippen LogP contribution in [0.25, 0.3) is 11.0 Å². The molecule has 2 saturated heterocycles. The summed E-state index contributed by atoms with van der Waals surface area (Å²) in [4.78, 5) is 24.4. The van der Waals surface area contributed by atoms with Crippen LogP contribution >= 0.6 is 0 Å². The standard InChI is InChI=1S/C21H28N4O/c1-14-15(2)24-19-12-16(8-9-18(19)23-14)21(26)22-13-17-6-5-11-25-10-4-3-7-20(17)25/h8-9,12,17,20H,3-7,10-11,13H2,1-2H3,(H,22,26)/t17-,20-/m0/s1. The molecule has 138 valence electrons. The Morgan fingerprint density at radius 3 is 2.69 bits per heavy atom. The number of carbonyl (C=O) groups excluding carboxylic acids is 1. The average molecular weight is 352 g/mol. The van der Waals surface area contributed by atoms with Crippen LogP contribution in [0.15, 0.2) is 18.2 Å². The van der Waals surface area contributed by atoms with Crippen LogP contribution in [0.5, 0.6) is 0 Å². The van der Waals surface area contributed by atoms with Crippen LogP contribution in [0.4, 0.5) is 0 Å². The van der Waals surface area contributed by atoms with Crippen molar-refractivity contribution in [2.45, 2.75) is 52.0 Å². The third-order valence-corrected chi connectivity index (χ3v) is 6.09. The predicted octanol–water partition coefficient (Wildman–Crippen LogP) is 3.24. The lowest BCUT2D eigenvalue weighted by atomic mass is 9.83. The van der Waals surface area contributed by atoms with Gasteiger partial charge in [0.25, 0.3) is 5.91 Å². The summed E-state index contributed by atoms with van der Waals surface area (Å²) in [6.45, 7) is 7.15. The Hall–Kier alpha value is -2.01. The predicted molar refractivity (Wildman–Crippen MR) is 103 cm³/mol. The molecule has 5 nitrogen and oxygen atoms in total. The van der Waals surface area contributed by atoms with Crippen LogP contribution in [0, 0.1) is 19.8 Å². The SMILES string of the molecule is Cc1nc2ccc(C(=O)NC[C@@H]3CCCN4CCCC[C@@H]34)cc2nc1C. The summed E-state index contributed by atoms with van der Waals surface area (Å²) in [5, 5.41) is 3.18. The molecule has 0 aliphatic carbocycles. The molecular weight excluding hydrogens is 324 g/mol. The van der Waals surface area contributed by atoms with Gasteiger partial charge in [0.05, 0.1) is 22.4 Å². The van der Waals surface area contributed by atoms with Gasteiger partial charge in [0, 0.05) is 18.2 Å². The number of nitrogens with zero attached hydrogens (tertiary/aromatic N) is 3. The lowest BCUT2D eigenvalue weighted by Crippen LogP contribution is -2.51. The molecule has 2 aromatic rings. The van der Waals surface area contributed by atoms with Gasteiger partial charge in [-0.1, -0.05) is 6.42 Å². The summed E-state index contributed by atoms with van der Waals surface area (Å²) < 4.78 is 0. The summed E-state index contributed by atoms with van der Waals surface area (Å²) in [6.07, 6.45) is 6.41. The average Bonchev–Trinajstić information content (AvgIpc) is 2.66. The van der Waals surface area contributed by atoms with Gasteiger partial charge in [-0.05, 0) is 76.7 Å². The molecule has 1 N–H and O–H groups in total. The normalized spacial score (nSPS) is 23.6. The van der Waals surface area contributed by atoms with E-state index in [9.17, 15) is 4.79 Å². The summed E-state index contributed by atoms with van der Waals surface area (Å²) in [6, 6.07) is 6.27. The molecule has 2 aliphatic rings. The van der Waals surface area contributed by atoms with Crippen molar-refractivity contribution in [1.82, 2.24) is 20.2 Å². The van der Waals surface area contributed by atoms with Crippen molar-refractivity contribution < 1.29 is 4.79 Å². The van der Waals surface area contributed by atoms with Crippen molar-refractivity contribution in [3.05, 3.63) is 35.2 Å². The zero-order valence-electron chi connectivity index (χ0n) is 15.8. The minimum absolute atomic E-state index is 0.000129. The van der Waals surface area contributed by atoms with Crippen LogP contribution in [0.1, 0.15) is 53.8 Å². The minimum atomic E-state index is -0.000129. The molecule has 3 heterocycles. The van der Waals surface area contributed by atoms with Crippen molar-refractivity contribution >= 4 is 16.9 Å². The van der Waals surface area contributed by atoms with E-state index >= 15 is 0 Å². The van der Waals surface area contributed by atoms with Crippen molar-refractivity contribution in [1.29, 1.82) is 0 Å². The van der Waals surface area contributed by atoms with E-state index in [-0.39, 0.29) is 5.91 Å². The van der Waals surface area contributed by atoms with Crippen molar-refractivity contribution in [3.63, 3.8) is 0 Å². The Bertz CT molecular complexity index is 817. The molecule has 0 bridgehead atoms. The monoisotopic (exact) mass is 352 g/mol. The van der Waals surface area contributed by atoms with E-state index in [1.54, 1.807) is 0 Å². The third-order valence-electron chi connectivity index (χ3n) is 6.09. The Balaban J connectivity index is 1.44. The van der Waals surface area contributed by atoms with Crippen LogP contribution in [-0.2, 0) is 0 Å². The summed E-state index contributed by atoms with van der Waals surface area (Å²) in [5.41, 5.74) is 4.15. The Morgan fingerprint density at radius 1 is 1.08 bits per heavy atom. The van der Waals surface area contributed by atoms with E-state index in [4.69, 9.17) is 0 Å². The minimum Gasteiger partial charge on any atom is -0.352 e. The van der Waals surface area contributed by atoms with Crippen LogP contribution in [0.2, 0.25) is 0 Å². The van der Waals surface area contributed by atoms with Gasteiger partial charge in [-0.25, -0.2) is 9.97 Å². The van der Waals surface area contributed by atoms with Gasteiger partial charge >= 0.3 is 0 Å². The Labute approximate surface area is 155 Å². The first-order valence-electron chi connectivity index (χ1n) is 9.89. The largest absolute Gasteiger partial charge is 0.352 e. The first-order chi connectivity index (χ1) is 12.6. The molecule has 5 heteroatoms. The summed E-state index contributed by atoms with van der Waals surface area (Å²) >= 11 is 0. The number of nitrogens with one attached hydrogen (secondary N) is 1. The Kier molecular flexibility index (Phi) is 4.90. The molecule has 26 heavy (non-hydrogen) atoms. The number of rotatable bonds is 3. The number of piperidine rings is 2. The van der Waals surface area contributed by atoms with E-state index in [1.807, 2.05) is 32.0 Å². The lowest BCUT2D eigenvalue weighted by Gasteiger charge is -2.44. The van der Waals surface area contributed by atoms with Gasteiger partial charge in [-0.3, -0.25) is 4.79 Å². The molecule has 1 aromatic carbocycles. The van der Waals surface area contributed by atoms with Gasteiger partial charge in [0.2, 0.25) is 0 Å². The second-order valence-corrected chi connectivity index (χ2v) is 7.81. The fourth-order valence-corrected chi connectivity index (χ4v) is 4.51. The summed E-state index contributed by atoms with van der Waals surface area (Å²) in [5.74, 6) is 0.581. The van der Waals surface area contributed by atoms with Crippen LogP contribution < -0.4 is 5.32 Å². The van der Waals surface area contributed by atoms with Gasteiger partial charge in [0.15, 0.2) is 0 Å². The highest BCUT2D eigenvalue weighted by molar-refractivity contribution is 5.97. The van der Waals surface area contributed by atoms with E-state index in [1.165, 1.54) is 45.2 Å². The third kappa shape index (κ3) is 3.45. The van der Waals surface area contributed by atoms with Crippen LogP contribution in [-0.4, -0.2) is 46.5 Å². The molecule has 2 aliphatic heterocycles. The van der Waals surface area contributed by atoms with Gasteiger partial charge in [-0.2, -0.15) is 0 Å². The number of carbonyl (C=O) groups is 1. The zero-order valence-corrected chi connectivity index (χ0v) is 15.8. The van der Waals surface area contributed by atoms with E-state index in [0.29, 0.717) is 17.5 Å². The smallest absolute Gasteiger partial charge is 0.251 e. The number of benzene rings is 1. The van der Waals surface area contributed by atoms with Crippen LogP contribution in [0.3, 0.4) is 0 Å². The molecule has 0 spiro atoms. The van der Waals surface area contributed by atoms with E-state index in [0.717, 1.165) is 29.0 Å². The number of hydrogen-bond donors (Lipinski definition) is 1. The topological polar surface area (TPSA) is 58.1 Å². The second kappa shape index (κ2) is 7.31. The number of amides is 1. The van der Waals surface area contributed by atoms with E-state index in [2.05, 4.69) is 20.2 Å². The van der Waals surface area contributed by atoms with Crippen molar-refractivity contribution in [2.75, 3.05) is 19.6 Å². The number of aromatic nitrogens is 2. The number of fused-ring (bicyclic) bond motifs is 2. The number of aryl methyl sites for hydroxylation is 2. The zero-order chi connectivity index (χ0) is 18.1. The molecule has 0 saturated carbocycles. The molecule has 1 aromatic heterocycles. The fraction of sp³-hybridized carbons (Fsp3) is 0.571. The highest BCUT2D eigenvalue weighted by atomic mass is 16.1. The second-order valence-electron chi connectivity index (χ2n) is 7.81. The lowest BCUT2D eigenvalue weighted by molar-refractivity contribution is 0.0575.